The summed E-state index contributed by atoms with van der Waals surface area (Å²) in [5.74, 6) is -0.806. The molecule has 0 radical (unpaired) electrons. The van der Waals surface area contributed by atoms with Crippen LogP contribution in [0.4, 0.5) is 11.4 Å². The predicted molar refractivity (Wildman–Crippen MR) is 111 cm³/mol. The van der Waals surface area contributed by atoms with Gasteiger partial charge >= 0.3 is 5.69 Å². The van der Waals surface area contributed by atoms with Gasteiger partial charge in [0, 0.05) is 23.5 Å². The summed E-state index contributed by atoms with van der Waals surface area (Å²) in [6.45, 7) is 0. The Morgan fingerprint density at radius 1 is 1.07 bits per heavy atom. The van der Waals surface area contributed by atoms with Crippen LogP contribution in [0, 0.1) is 10.1 Å². The van der Waals surface area contributed by atoms with Crippen LogP contribution >= 0.6 is 11.6 Å². The van der Waals surface area contributed by atoms with Crippen LogP contribution in [0.1, 0.15) is 10.4 Å². The molecule has 1 aromatic heterocycles. The molecule has 3 rings (SSSR count). The van der Waals surface area contributed by atoms with Gasteiger partial charge in [-0.2, -0.15) is 0 Å². The van der Waals surface area contributed by atoms with Crippen LogP contribution in [0.2, 0.25) is 5.02 Å². The van der Waals surface area contributed by atoms with Gasteiger partial charge in [-0.05, 0) is 30.3 Å². The van der Waals surface area contributed by atoms with Gasteiger partial charge in [0.2, 0.25) is 11.5 Å². The van der Waals surface area contributed by atoms with E-state index in [0.29, 0.717) is 16.4 Å². The number of hydrogen-bond acceptors (Lipinski definition) is 6. The Hall–Kier alpha value is -3.72. The van der Waals surface area contributed by atoms with Gasteiger partial charge in [0.25, 0.3) is 5.91 Å². The number of nitro benzene ring substituents is 1. The van der Waals surface area contributed by atoms with Gasteiger partial charge in [0.1, 0.15) is 5.56 Å². The van der Waals surface area contributed by atoms with E-state index in [0.717, 1.165) is 0 Å². The highest BCUT2D eigenvalue weighted by molar-refractivity contribution is 6.31. The fraction of sp³-hybridized carbons (Fsp3) is 0.150. The van der Waals surface area contributed by atoms with Crippen molar-refractivity contribution in [2.45, 2.75) is 0 Å². The van der Waals surface area contributed by atoms with E-state index < -0.39 is 16.5 Å². The summed E-state index contributed by atoms with van der Waals surface area (Å²) in [7, 11) is 3.92. The molecule has 0 aliphatic heterocycles. The van der Waals surface area contributed by atoms with Crippen molar-refractivity contribution in [3.8, 4) is 22.9 Å². The van der Waals surface area contributed by atoms with Crippen molar-refractivity contribution >= 4 is 28.9 Å². The lowest BCUT2D eigenvalue weighted by molar-refractivity contribution is -0.386. The lowest BCUT2D eigenvalue weighted by Gasteiger charge is -2.16. The summed E-state index contributed by atoms with van der Waals surface area (Å²) in [5.41, 5.74) is 0.214. The van der Waals surface area contributed by atoms with E-state index in [1.54, 1.807) is 35.2 Å². The molecule has 156 valence electrons. The second-order valence-corrected chi connectivity index (χ2v) is 6.44. The summed E-state index contributed by atoms with van der Waals surface area (Å²) < 4.78 is 17.3. The summed E-state index contributed by atoms with van der Waals surface area (Å²) in [4.78, 5) is 24.1. The second kappa shape index (κ2) is 8.75. The fourth-order valence-corrected chi connectivity index (χ4v) is 3.17. The molecule has 0 saturated carbocycles. The smallest absolute Gasteiger partial charge is 0.327 e. The van der Waals surface area contributed by atoms with Gasteiger partial charge in [0.15, 0.2) is 5.75 Å². The van der Waals surface area contributed by atoms with Crippen LogP contribution in [-0.4, -0.2) is 36.7 Å². The number of nitrogens with one attached hydrogen (secondary N) is 1. The van der Waals surface area contributed by atoms with Crippen LogP contribution < -0.4 is 19.5 Å². The number of anilines is 1. The Balaban J connectivity index is 2.12. The zero-order valence-electron chi connectivity index (χ0n) is 16.3. The lowest BCUT2D eigenvalue weighted by atomic mass is 10.1. The molecule has 30 heavy (non-hydrogen) atoms. The van der Waals surface area contributed by atoms with E-state index in [1.165, 1.54) is 27.4 Å². The summed E-state index contributed by atoms with van der Waals surface area (Å²) in [5, 5.41) is 14.9. The Morgan fingerprint density at radius 3 is 2.30 bits per heavy atom. The zero-order chi connectivity index (χ0) is 21.8. The number of carbonyl (C=O) groups excluding carboxylic acids is 1. The normalized spacial score (nSPS) is 10.4. The van der Waals surface area contributed by atoms with Crippen LogP contribution in [0.15, 0.2) is 48.8 Å². The number of benzene rings is 2. The predicted octanol–water partition coefficient (Wildman–Crippen LogP) is 4.32. The lowest BCUT2D eigenvalue weighted by Crippen LogP contribution is -2.16. The van der Waals surface area contributed by atoms with Crippen molar-refractivity contribution in [2.24, 2.45) is 0 Å². The maximum Gasteiger partial charge on any atom is 0.327 e. The first kappa shape index (κ1) is 21.0. The number of carbonyl (C=O) groups is 1. The van der Waals surface area contributed by atoms with Crippen LogP contribution in [-0.2, 0) is 0 Å². The minimum atomic E-state index is -0.725. The first-order chi connectivity index (χ1) is 14.4. The molecular formula is C20H18ClN3O6. The standard InChI is InChI=1S/C20H18ClN3O6/c1-28-16-11-13(17(24(26)27)19(30-3)18(16)29-2)20(25)22-14-7-6-12(21)10-15(14)23-8-4-5-9-23/h4-11H,1-3H3,(H,22,25). The number of halogens is 1. The first-order valence-corrected chi connectivity index (χ1v) is 9.00. The Kier molecular flexibility index (Phi) is 6.12. The molecule has 0 aliphatic rings. The molecule has 0 atom stereocenters. The van der Waals surface area contributed by atoms with Crippen molar-refractivity contribution in [3.63, 3.8) is 0 Å². The number of nitrogens with zero attached hydrogens (tertiary/aromatic N) is 2. The maximum atomic E-state index is 13.1. The van der Waals surface area contributed by atoms with Crippen LogP contribution in [0.25, 0.3) is 5.69 Å². The number of rotatable bonds is 7. The third-order valence-electron chi connectivity index (χ3n) is 4.32. The summed E-state index contributed by atoms with van der Waals surface area (Å²) >= 11 is 6.10. The third-order valence-corrected chi connectivity index (χ3v) is 4.56. The molecule has 0 spiro atoms. The number of ether oxygens (including phenoxy) is 3. The molecule has 3 aromatic rings. The highest BCUT2D eigenvalue weighted by Gasteiger charge is 2.32. The largest absolute Gasteiger partial charge is 0.493 e. The van der Waals surface area contributed by atoms with Crippen molar-refractivity contribution in [1.82, 2.24) is 4.57 Å². The highest BCUT2D eigenvalue weighted by atomic mass is 35.5. The molecule has 1 heterocycles. The van der Waals surface area contributed by atoms with Crippen molar-refractivity contribution < 1.29 is 23.9 Å². The molecule has 0 fully saturated rings. The van der Waals surface area contributed by atoms with Crippen molar-refractivity contribution in [1.29, 1.82) is 0 Å². The molecule has 1 amide bonds. The van der Waals surface area contributed by atoms with E-state index in [-0.39, 0.29) is 22.8 Å². The Morgan fingerprint density at radius 2 is 1.73 bits per heavy atom. The van der Waals surface area contributed by atoms with Crippen LogP contribution in [0.3, 0.4) is 0 Å². The molecular weight excluding hydrogens is 414 g/mol. The van der Waals surface area contributed by atoms with E-state index in [1.807, 2.05) is 12.1 Å². The van der Waals surface area contributed by atoms with E-state index in [9.17, 15) is 14.9 Å². The number of aromatic nitrogens is 1. The number of amides is 1. The minimum absolute atomic E-state index is 0.0165. The van der Waals surface area contributed by atoms with Gasteiger partial charge in [-0.1, -0.05) is 11.6 Å². The summed E-state index contributed by atoms with van der Waals surface area (Å²) in [6.07, 6.45) is 3.56. The number of hydrogen-bond donors (Lipinski definition) is 1. The molecule has 0 aliphatic carbocycles. The average Bonchev–Trinajstić information content (AvgIpc) is 3.27. The monoisotopic (exact) mass is 431 g/mol. The van der Waals surface area contributed by atoms with Gasteiger partial charge in [0.05, 0.1) is 37.6 Å². The SMILES string of the molecule is COc1cc(C(=O)Nc2ccc(Cl)cc2-n2cccc2)c([N+](=O)[O-])c(OC)c1OC. The van der Waals surface area contributed by atoms with Crippen molar-refractivity contribution in [3.05, 3.63) is 69.5 Å². The first-order valence-electron chi connectivity index (χ1n) is 8.62. The topological polar surface area (TPSA) is 105 Å². The van der Waals surface area contributed by atoms with Gasteiger partial charge in [-0.15, -0.1) is 0 Å². The van der Waals surface area contributed by atoms with E-state index in [2.05, 4.69) is 5.32 Å². The van der Waals surface area contributed by atoms with E-state index in [4.69, 9.17) is 25.8 Å². The Bertz CT molecular complexity index is 1100. The molecule has 0 bridgehead atoms. The minimum Gasteiger partial charge on any atom is -0.493 e. The molecule has 10 heteroatoms. The second-order valence-electron chi connectivity index (χ2n) is 6.00. The van der Waals surface area contributed by atoms with Gasteiger partial charge < -0.3 is 24.1 Å². The third kappa shape index (κ3) is 3.87. The molecule has 1 N–H and O–H groups in total. The maximum absolute atomic E-state index is 13.1. The fourth-order valence-electron chi connectivity index (χ4n) is 3.00. The quantitative estimate of drug-likeness (QED) is 0.441. The number of methoxy groups -OCH3 is 3. The summed E-state index contributed by atoms with van der Waals surface area (Å²) in [6, 6.07) is 9.75. The Labute approximate surface area is 176 Å². The van der Waals surface area contributed by atoms with Gasteiger partial charge in [-0.3, -0.25) is 14.9 Å². The molecule has 0 saturated heterocycles. The van der Waals surface area contributed by atoms with Gasteiger partial charge in [-0.25, -0.2) is 0 Å². The van der Waals surface area contributed by atoms with E-state index >= 15 is 0 Å². The highest BCUT2D eigenvalue weighted by Crippen LogP contribution is 2.46. The zero-order valence-corrected chi connectivity index (χ0v) is 17.1. The average molecular weight is 432 g/mol. The number of nitro groups is 1. The molecule has 9 nitrogen and oxygen atoms in total. The molecule has 0 unspecified atom stereocenters. The molecule has 2 aromatic carbocycles. The van der Waals surface area contributed by atoms with Crippen LogP contribution in [0.5, 0.6) is 17.2 Å². The van der Waals surface area contributed by atoms with Crippen molar-refractivity contribution in [2.75, 3.05) is 26.6 Å².